The highest BCUT2D eigenvalue weighted by atomic mass is 35.6. The maximum Gasteiger partial charge on any atom is 0.274 e. The Kier molecular flexibility index (Phi) is 5.19. The summed E-state index contributed by atoms with van der Waals surface area (Å²) in [6, 6.07) is 7.91. The highest BCUT2D eigenvalue weighted by Gasteiger charge is 2.36. The minimum atomic E-state index is -1.90. The lowest BCUT2D eigenvalue weighted by Crippen LogP contribution is -2.51. The SMILES string of the molecule is COc1ccc2c(N3CCN(C(=O)C(Cl)(Cl)Cl)CC3)cc(C)nc2c1. The lowest BCUT2D eigenvalue weighted by molar-refractivity contribution is -0.130. The van der Waals surface area contributed by atoms with Crippen molar-refractivity contribution in [3.63, 3.8) is 0 Å². The number of carbonyl (C=O) groups excluding carboxylic acids is 1. The van der Waals surface area contributed by atoms with Gasteiger partial charge in [-0.05, 0) is 25.1 Å². The van der Waals surface area contributed by atoms with Gasteiger partial charge in [-0.2, -0.15) is 0 Å². The Hall–Kier alpha value is -1.43. The molecule has 5 nitrogen and oxygen atoms in total. The second-order valence-electron chi connectivity index (χ2n) is 5.94. The zero-order valence-electron chi connectivity index (χ0n) is 13.9. The van der Waals surface area contributed by atoms with Crippen LogP contribution in [0.3, 0.4) is 0 Å². The van der Waals surface area contributed by atoms with Crippen LogP contribution in [0.5, 0.6) is 5.75 Å². The van der Waals surface area contributed by atoms with Crippen molar-refractivity contribution < 1.29 is 9.53 Å². The Morgan fingerprint density at radius 3 is 2.44 bits per heavy atom. The summed E-state index contributed by atoms with van der Waals surface area (Å²) in [5.74, 6) is 0.298. The Morgan fingerprint density at radius 1 is 1.16 bits per heavy atom. The summed E-state index contributed by atoms with van der Waals surface area (Å²) in [7, 11) is 1.64. The van der Waals surface area contributed by atoms with E-state index in [1.165, 1.54) is 0 Å². The largest absolute Gasteiger partial charge is 0.497 e. The van der Waals surface area contributed by atoms with Crippen LogP contribution in [-0.4, -0.2) is 52.9 Å². The molecule has 25 heavy (non-hydrogen) atoms. The van der Waals surface area contributed by atoms with Crippen LogP contribution in [0.15, 0.2) is 24.3 Å². The number of fused-ring (bicyclic) bond motifs is 1. The monoisotopic (exact) mass is 401 g/mol. The number of halogens is 3. The minimum Gasteiger partial charge on any atom is -0.497 e. The molecule has 3 rings (SSSR count). The number of rotatable bonds is 2. The van der Waals surface area contributed by atoms with Crippen LogP contribution in [0.2, 0.25) is 0 Å². The zero-order valence-corrected chi connectivity index (χ0v) is 16.2. The van der Waals surface area contributed by atoms with Crippen molar-refractivity contribution in [1.29, 1.82) is 0 Å². The van der Waals surface area contributed by atoms with Crippen LogP contribution in [0.25, 0.3) is 10.9 Å². The maximum atomic E-state index is 12.1. The number of pyridine rings is 1. The number of hydrogen-bond acceptors (Lipinski definition) is 4. The van der Waals surface area contributed by atoms with Gasteiger partial charge in [0.2, 0.25) is 0 Å². The molecule has 8 heteroatoms. The van der Waals surface area contributed by atoms with Gasteiger partial charge in [0, 0.05) is 49.0 Å². The number of alkyl halides is 3. The van der Waals surface area contributed by atoms with Crippen molar-refractivity contribution >= 4 is 57.3 Å². The average Bonchev–Trinajstić information content (AvgIpc) is 2.59. The summed E-state index contributed by atoms with van der Waals surface area (Å²) in [6.07, 6.45) is 0. The number of ether oxygens (including phenoxy) is 1. The van der Waals surface area contributed by atoms with Gasteiger partial charge < -0.3 is 14.5 Å². The van der Waals surface area contributed by atoms with Crippen LogP contribution >= 0.6 is 34.8 Å². The van der Waals surface area contributed by atoms with E-state index in [1.54, 1.807) is 12.0 Å². The molecule has 0 radical (unpaired) electrons. The lowest BCUT2D eigenvalue weighted by atomic mass is 10.1. The summed E-state index contributed by atoms with van der Waals surface area (Å²) in [5.41, 5.74) is 2.90. The molecule has 1 saturated heterocycles. The number of hydrogen-bond donors (Lipinski definition) is 0. The first-order chi connectivity index (χ1) is 11.8. The van der Waals surface area contributed by atoms with Crippen LogP contribution in [0.1, 0.15) is 5.69 Å². The number of methoxy groups -OCH3 is 1. The van der Waals surface area contributed by atoms with Gasteiger partial charge >= 0.3 is 0 Å². The van der Waals surface area contributed by atoms with Crippen LogP contribution < -0.4 is 9.64 Å². The van der Waals surface area contributed by atoms with Gasteiger partial charge in [0.15, 0.2) is 0 Å². The fourth-order valence-electron chi connectivity index (χ4n) is 3.04. The molecule has 2 aromatic rings. The Labute approximate surface area is 161 Å². The first kappa shape index (κ1) is 18.4. The number of aryl methyl sites for hydroxylation is 1. The number of nitrogens with zero attached hydrogens (tertiary/aromatic N) is 3. The molecule has 0 unspecified atom stereocenters. The van der Waals surface area contributed by atoms with Gasteiger partial charge in [0.1, 0.15) is 5.75 Å². The second-order valence-corrected chi connectivity index (χ2v) is 8.22. The minimum absolute atomic E-state index is 0.474. The van der Waals surface area contributed by atoms with E-state index in [0.717, 1.165) is 28.0 Å². The molecular weight excluding hydrogens is 385 g/mol. The number of piperazine rings is 1. The van der Waals surface area contributed by atoms with Crippen molar-refractivity contribution in [2.45, 2.75) is 10.7 Å². The van der Waals surface area contributed by atoms with Gasteiger partial charge in [0.05, 0.1) is 12.6 Å². The standard InChI is InChI=1S/C17H18Cl3N3O2/c1-11-9-15(13-4-3-12(25-2)10-14(13)21-11)22-5-7-23(8-6-22)16(24)17(18,19)20/h3-4,9-10H,5-8H2,1-2H3. The number of anilines is 1. The molecule has 1 aliphatic rings. The van der Waals surface area contributed by atoms with Crippen molar-refractivity contribution in [3.8, 4) is 5.75 Å². The van der Waals surface area contributed by atoms with E-state index in [1.807, 2.05) is 25.1 Å². The third kappa shape index (κ3) is 3.89. The third-order valence-electron chi connectivity index (χ3n) is 4.27. The number of benzene rings is 1. The van der Waals surface area contributed by atoms with Gasteiger partial charge in [-0.15, -0.1) is 0 Å². The van der Waals surface area contributed by atoms with E-state index in [2.05, 4.69) is 16.0 Å². The second kappa shape index (κ2) is 7.06. The van der Waals surface area contributed by atoms with Gasteiger partial charge in [0.25, 0.3) is 9.70 Å². The molecule has 0 saturated carbocycles. The van der Waals surface area contributed by atoms with E-state index < -0.39 is 9.70 Å². The summed E-state index contributed by atoms with van der Waals surface area (Å²) in [4.78, 5) is 20.5. The van der Waals surface area contributed by atoms with Crippen molar-refractivity contribution in [1.82, 2.24) is 9.88 Å². The molecular formula is C17H18Cl3N3O2. The number of aromatic nitrogens is 1. The smallest absolute Gasteiger partial charge is 0.274 e. The molecule has 1 aromatic carbocycles. The van der Waals surface area contributed by atoms with Crippen LogP contribution in [0.4, 0.5) is 5.69 Å². The number of carbonyl (C=O) groups is 1. The maximum absolute atomic E-state index is 12.1. The first-order valence-corrected chi connectivity index (χ1v) is 8.99. The Balaban J connectivity index is 1.85. The highest BCUT2D eigenvalue weighted by Crippen LogP contribution is 2.32. The highest BCUT2D eigenvalue weighted by molar-refractivity contribution is 6.76. The molecule has 1 aromatic heterocycles. The molecule has 0 spiro atoms. The Morgan fingerprint density at radius 2 is 1.84 bits per heavy atom. The molecule has 1 amide bonds. The van der Waals surface area contributed by atoms with E-state index in [9.17, 15) is 4.79 Å². The molecule has 0 atom stereocenters. The molecule has 0 bridgehead atoms. The normalized spacial score (nSPS) is 15.6. The summed E-state index contributed by atoms with van der Waals surface area (Å²) in [5, 5.41) is 1.05. The first-order valence-electron chi connectivity index (χ1n) is 7.86. The molecule has 134 valence electrons. The summed E-state index contributed by atoms with van der Waals surface area (Å²) in [6.45, 7) is 4.30. The molecule has 1 fully saturated rings. The average molecular weight is 403 g/mol. The number of amides is 1. The van der Waals surface area contributed by atoms with E-state index in [-0.39, 0.29) is 0 Å². The molecule has 1 aliphatic heterocycles. The topological polar surface area (TPSA) is 45.7 Å². The van der Waals surface area contributed by atoms with E-state index in [0.29, 0.717) is 26.2 Å². The van der Waals surface area contributed by atoms with Gasteiger partial charge in [-0.1, -0.05) is 34.8 Å². The lowest BCUT2D eigenvalue weighted by Gasteiger charge is -2.37. The molecule has 0 aliphatic carbocycles. The predicted molar refractivity (Wildman–Crippen MR) is 102 cm³/mol. The molecule has 0 N–H and O–H groups in total. The fourth-order valence-corrected chi connectivity index (χ4v) is 3.40. The van der Waals surface area contributed by atoms with Crippen molar-refractivity contribution in [2.75, 3.05) is 38.2 Å². The van der Waals surface area contributed by atoms with E-state index in [4.69, 9.17) is 39.5 Å². The zero-order chi connectivity index (χ0) is 18.2. The quantitative estimate of drug-likeness (QED) is 0.721. The predicted octanol–water partition coefficient (Wildman–Crippen LogP) is 3.57. The van der Waals surface area contributed by atoms with Crippen LogP contribution in [-0.2, 0) is 4.79 Å². The van der Waals surface area contributed by atoms with Crippen molar-refractivity contribution in [2.24, 2.45) is 0 Å². The molecule has 2 heterocycles. The summed E-state index contributed by atoms with van der Waals surface area (Å²) >= 11 is 17.1. The summed E-state index contributed by atoms with van der Waals surface area (Å²) < 4.78 is 3.38. The van der Waals surface area contributed by atoms with Crippen LogP contribution in [0, 0.1) is 6.92 Å². The Bertz CT molecular complexity index is 800. The fraction of sp³-hybridized carbons (Fsp3) is 0.412. The van der Waals surface area contributed by atoms with Gasteiger partial charge in [-0.3, -0.25) is 9.78 Å². The third-order valence-corrected chi connectivity index (χ3v) is 4.76. The van der Waals surface area contributed by atoms with Gasteiger partial charge in [-0.25, -0.2) is 0 Å². The van der Waals surface area contributed by atoms with Crippen molar-refractivity contribution in [3.05, 3.63) is 30.0 Å². The van der Waals surface area contributed by atoms with E-state index >= 15 is 0 Å².